The second kappa shape index (κ2) is 23.7. The van der Waals surface area contributed by atoms with Gasteiger partial charge in [-0.1, -0.05) is 201 Å². The van der Waals surface area contributed by atoms with Gasteiger partial charge in [-0.25, -0.2) is 35.1 Å². The second-order valence-corrected chi connectivity index (χ2v) is 23.3. The quantitative estimate of drug-likeness (QED) is 0.0580. The van der Waals surface area contributed by atoms with Crippen molar-refractivity contribution in [3.8, 4) is 67.5 Å². The molecule has 13 aromatic carbocycles. The Hall–Kier alpha value is -11.8. The zero-order valence-electron chi connectivity index (χ0n) is 50.3. The summed E-state index contributed by atoms with van der Waals surface area (Å²) in [4.78, 5) is 1.92. The fourth-order valence-electron chi connectivity index (χ4n) is 14.0. The van der Waals surface area contributed by atoms with Crippen LogP contribution in [0.25, 0.3) is 56.7 Å². The molecule has 95 heavy (non-hydrogen) atoms. The predicted molar refractivity (Wildman–Crippen MR) is 359 cm³/mol. The van der Waals surface area contributed by atoms with Gasteiger partial charge in [0, 0.05) is 28.2 Å². The van der Waals surface area contributed by atoms with Crippen molar-refractivity contribution in [2.75, 3.05) is 4.90 Å². The van der Waals surface area contributed by atoms with Crippen LogP contribution in [0.4, 0.5) is 52.2 Å². The minimum atomic E-state index is -2.00. The van der Waals surface area contributed by atoms with Gasteiger partial charge >= 0.3 is 0 Å². The Morgan fingerprint density at radius 3 is 1.06 bits per heavy atom. The molecule has 15 rings (SSSR count). The number of halogens is 8. The standard InChI is InChI=1S/C84H51F8NO2/c1-3-50-25-35-59(36-26-50)94-61-39-29-54(30-40-61)83(73-48-75(85)79(89)81(91)77(73)87)69-23-12-10-21-65(69)67-43-33-57(46-71(67)83)93(56-18-14-17-53(45-56)64-20-9-8-19-63(64)52-15-6-5-7-16-52)58-34-44-68-66-22-11-13-24-70(66)84(72(68)47-58,74-49-76(86)80(90)82(92)78(74)88)55-31-41-62(42-32-55)95-60-37-27-51(4-2)28-38-60/h3-49H,1-2H2. The summed E-state index contributed by atoms with van der Waals surface area (Å²) in [6.45, 7) is 7.67. The van der Waals surface area contributed by atoms with Crippen molar-refractivity contribution >= 4 is 29.2 Å². The molecular weight excluding hydrogens is 1210 g/mol. The summed E-state index contributed by atoms with van der Waals surface area (Å²) < 4.78 is 144. The van der Waals surface area contributed by atoms with Crippen LogP contribution in [0.3, 0.4) is 0 Å². The van der Waals surface area contributed by atoms with E-state index in [4.69, 9.17) is 9.47 Å². The lowest BCUT2D eigenvalue weighted by Gasteiger charge is -2.36. The van der Waals surface area contributed by atoms with Gasteiger partial charge in [0.05, 0.1) is 10.8 Å². The first kappa shape index (κ1) is 59.5. The fraction of sp³-hybridized carbons (Fsp3) is 0.0238. The minimum Gasteiger partial charge on any atom is -0.457 e. The number of nitrogens with zero attached hydrogens (tertiary/aromatic N) is 1. The third-order valence-electron chi connectivity index (χ3n) is 18.3. The van der Waals surface area contributed by atoms with Gasteiger partial charge in [-0.3, -0.25) is 0 Å². The normalized spacial score (nSPS) is 14.9. The van der Waals surface area contributed by atoms with Gasteiger partial charge in [-0.2, -0.15) is 0 Å². The maximum Gasteiger partial charge on any atom is 0.197 e. The highest BCUT2D eigenvalue weighted by molar-refractivity contribution is 5.94. The minimum absolute atomic E-state index is 0.341. The van der Waals surface area contributed by atoms with Gasteiger partial charge < -0.3 is 14.4 Å². The lowest BCUT2D eigenvalue weighted by molar-refractivity contribution is 0.399. The van der Waals surface area contributed by atoms with Crippen molar-refractivity contribution in [3.63, 3.8) is 0 Å². The van der Waals surface area contributed by atoms with Gasteiger partial charge in [0.15, 0.2) is 46.5 Å². The zero-order valence-corrected chi connectivity index (χ0v) is 50.3. The van der Waals surface area contributed by atoms with Crippen LogP contribution in [-0.4, -0.2) is 0 Å². The van der Waals surface area contributed by atoms with Crippen molar-refractivity contribution in [1.82, 2.24) is 0 Å². The van der Waals surface area contributed by atoms with Crippen molar-refractivity contribution in [1.29, 1.82) is 0 Å². The number of benzene rings is 13. The molecule has 2 aliphatic rings. The highest BCUT2D eigenvalue weighted by atomic mass is 19.2. The lowest BCUT2D eigenvalue weighted by Crippen LogP contribution is -2.31. The molecule has 13 aromatic rings. The molecule has 0 spiro atoms. The van der Waals surface area contributed by atoms with Gasteiger partial charge in [-0.15, -0.1) is 0 Å². The monoisotopic (exact) mass is 1260 g/mol. The van der Waals surface area contributed by atoms with E-state index in [-0.39, 0.29) is 0 Å². The highest BCUT2D eigenvalue weighted by Crippen LogP contribution is 2.61. The summed E-state index contributed by atoms with van der Waals surface area (Å²) in [6, 6.07) is 80.2. The van der Waals surface area contributed by atoms with Crippen LogP contribution in [-0.2, 0) is 10.8 Å². The van der Waals surface area contributed by atoms with Gasteiger partial charge in [0.25, 0.3) is 0 Å². The molecule has 0 saturated carbocycles. The summed E-state index contributed by atoms with van der Waals surface area (Å²) in [6.07, 6.45) is 3.40. The fourth-order valence-corrected chi connectivity index (χ4v) is 14.0. The van der Waals surface area contributed by atoms with Crippen molar-refractivity contribution in [2.45, 2.75) is 10.8 Å². The predicted octanol–water partition coefficient (Wildman–Crippen LogP) is 23.2. The molecule has 2 atom stereocenters. The number of ether oxygens (including phenoxy) is 2. The van der Waals surface area contributed by atoms with Crippen molar-refractivity contribution < 1.29 is 44.6 Å². The number of hydrogen-bond donors (Lipinski definition) is 0. The Kier molecular flexibility index (Phi) is 14.8. The smallest absolute Gasteiger partial charge is 0.197 e. The molecule has 2 unspecified atom stereocenters. The summed E-state index contributed by atoms with van der Waals surface area (Å²) in [7, 11) is 0. The number of hydrogen-bond acceptors (Lipinski definition) is 3. The molecule has 0 aromatic heterocycles. The summed E-state index contributed by atoms with van der Waals surface area (Å²) in [5.74, 6) is -12.6. The number of anilines is 3. The van der Waals surface area contributed by atoms with Crippen molar-refractivity contribution in [3.05, 3.63) is 388 Å². The first-order valence-corrected chi connectivity index (χ1v) is 30.5. The molecule has 0 fully saturated rings. The molecule has 0 bridgehead atoms. The van der Waals surface area contributed by atoms with E-state index in [0.29, 0.717) is 108 Å². The molecule has 0 amide bonds. The third-order valence-corrected chi connectivity index (χ3v) is 18.3. The molecule has 2 aliphatic carbocycles. The topological polar surface area (TPSA) is 21.7 Å². The van der Waals surface area contributed by atoms with Gasteiger partial charge in [0.2, 0.25) is 0 Å². The maximum absolute atomic E-state index is 17.5. The molecular formula is C84H51F8NO2. The van der Waals surface area contributed by atoms with Crippen LogP contribution >= 0.6 is 0 Å². The average molecular weight is 1260 g/mol. The molecule has 3 nitrogen and oxygen atoms in total. The van der Waals surface area contributed by atoms with Crippen LogP contribution in [0.5, 0.6) is 23.0 Å². The first-order valence-electron chi connectivity index (χ1n) is 30.5. The van der Waals surface area contributed by atoms with E-state index in [1.54, 1.807) is 121 Å². The number of rotatable bonds is 15. The van der Waals surface area contributed by atoms with Crippen LogP contribution in [0.1, 0.15) is 55.6 Å². The molecule has 0 saturated heterocycles. The van der Waals surface area contributed by atoms with Crippen LogP contribution in [0.15, 0.2) is 286 Å². The van der Waals surface area contributed by atoms with Gasteiger partial charge in [0.1, 0.15) is 23.0 Å². The van der Waals surface area contributed by atoms with E-state index in [1.807, 2.05) is 157 Å². The van der Waals surface area contributed by atoms with Crippen LogP contribution < -0.4 is 14.4 Å². The van der Waals surface area contributed by atoms with E-state index >= 15 is 35.1 Å². The average Bonchev–Trinajstić information content (AvgIpc) is 1.56. The molecule has 0 N–H and O–H groups in total. The van der Waals surface area contributed by atoms with Gasteiger partial charge in [-0.05, 0) is 186 Å². The Morgan fingerprint density at radius 1 is 0.274 bits per heavy atom. The Morgan fingerprint density at radius 2 is 0.632 bits per heavy atom. The molecule has 0 aliphatic heterocycles. The maximum atomic E-state index is 17.5. The summed E-state index contributed by atoms with van der Waals surface area (Å²) in [5, 5.41) is 0. The zero-order chi connectivity index (χ0) is 65.3. The largest absolute Gasteiger partial charge is 0.457 e. The molecule has 11 heteroatoms. The summed E-state index contributed by atoms with van der Waals surface area (Å²) >= 11 is 0. The Balaban J connectivity index is 0.988. The SMILES string of the molecule is C=Cc1ccc(Oc2ccc(C3(c4cc(F)c(F)c(F)c4F)c4ccccc4-c4ccc(N(c5cccc(-c6ccccc6-c6ccccc6)c5)c5ccc6c(c5)C(c5ccc(Oc7ccc(C=C)cc7)cc5)(c5cc(F)c(F)c(F)c5F)c5ccccc5-6)cc43)cc2)cc1. The molecule has 460 valence electrons. The lowest BCUT2D eigenvalue weighted by atomic mass is 9.67. The van der Waals surface area contributed by atoms with Crippen LogP contribution in [0, 0.1) is 46.5 Å². The van der Waals surface area contributed by atoms with E-state index in [9.17, 15) is 0 Å². The third kappa shape index (κ3) is 9.72. The number of fused-ring (bicyclic) bond motifs is 6. The van der Waals surface area contributed by atoms with E-state index in [0.717, 1.165) is 33.4 Å². The van der Waals surface area contributed by atoms with E-state index in [1.165, 1.54) is 0 Å². The Bertz CT molecular complexity index is 4950. The van der Waals surface area contributed by atoms with Crippen molar-refractivity contribution in [2.24, 2.45) is 0 Å². The van der Waals surface area contributed by atoms with E-state index < -0.39 is 68.5 Å². The molecule has 0 radical (unpaired) electrons. The highest BCUT2D eigenvalue weighted by Gasteiger charge is 2.51. The first-order chi connectivity index (χ1) is 46.3. The van der Waals surface area contributed by atoms with Crippen LogP contribution in [0.2, 0.25) is 0 Å². The molecule has 0 heterocycles. The Labute approximate surface area is 542 Å². The second-order valence-electron chi connectivity index (χ2n) is 23.3. The van der Waals surface area contributed by atoms with E-state index in [2.05, 4.69) is 13.2 Å². The summed E-state index contributed by atoms with van der Waals surface area (Å²) in [5.41, 5.74) is 6.36.